The van der Waals surface area contributed by atoms with Crippen molar-refractivity contribution in [1.29, 1.82) is 0 Å². The number of nitrogens with one attached hydrogen (secondary N) is 1. The molecule has 0 saturated carbocycles. The highest BCUT2D eigenvalue weighted by molar-refractivity contribution is 9.10. The highest BCUT2D eigenvalue weighted by Crippen LogP contribution is 2.18. The van der Waals surface area contributed by atoms with Crippen LogP contribution in [0.2, 0.25) is 0 Å². The topological polar surface area (TPSA) is 58.4 Å². The van der Waals surface area contributed by atoms with E-state index >= 15 is 0 Å². The van der Waals surface area contributed by atoms with Crippen LogP contribution in [0.1, 0.15) is 17.3 Å². The highest BCUT2D eigenvalue weighted by atomic mass is 79.9. The third kappa shape index (κ3) is 4.36. The van der Waals surface area contributed by atoms with Crippen molar-refractivity contribution in [1.82, 2.24) is 10.2 Å². The zero-order valence-electron chi connectivity index (χ0n) is 10.2. The minimum Gasteiger partial charge on any atom is -0.398 e. The lowest BCUT2D eigenvalue weighted by atomic mass is 10.1. The number of carbonyl (C=O) groups excluding carboxylic acids is 1. The molecule has 17 heavy (non-hydrogen) atoms. The summed E-state index contributed by atoms with van der Waals surface area (Å²) in [6.45, 7) is 4.49. The lowest BCUT2D eigenvalue weighted by Crippen LogP contribution is -2.33. The van der Waals surface area contributed by atoms with Gasteiger partial charge in [-0.25, -0.2) is 0 Å². The number of hydrogen-bond acceptors (Lipinski definition) is 3. The van der Waals surface area contributed by atoms with Crippen molar-refractivity contribution < 1.29 is 4.79 Å². The normalized spacial score (nSPS) is 10.6. The zero-order chi connectivity index (χ0) is 12.8. The van der Waals surface area contributed by atoms with Crippen molar-refractivity contribution in [3.63, 3.8) is 0 Å². The lowest BCUT2D eigenvalue weighted by Gasteiger charge is -2.14. The van der Waals surface area contributed by atoms with Crippen molar-refractivity contribution in [2.24, 2.45) is 0 Å². The van der Waals surface area contributed by atoms with Crippen molar-refractivity contribution in [2.45, 2.75) is 6.92 Å². The predicted octanol–water partition coefficient (Wildman–Crippen LogP) is 1.71. The van der Waals surface area contributed by atoms with Gasteiger partial charge in [-0.3, -0.25) is 4.79 Å². The van der Waals surface area contributed by atoms with Gasteiger partial charge in [0.1, 0.15) is 0 Å². The summed E-state index contributed by atoms with van der Waals surface area (Å²) in [5.74, 6) is -0.131. The summed E-state index contributed by atoms with van der Waals surface area (Å²) in [5.41, 5.74) is 6.76. The van der Waals surface area contributed by atoms with Crippen LogP contribution in [0.25, 0.3) is 0 Å². The van der Waals surface area contributed by atoms with Crippen LogP contribution in [0.4, 0.5) is 5.69 Å². The van der Waals surface area contributed by atoms with Crippen LogP contribution in [-0.4, -0.2) is 37.5 Å². The SMILES string of the molecule is CCN(C)CCNC(=O)c1cc(Br)ccc1N. The van der Waals surface area contributed by atoms with E-state index in [1.165, 1.54) is 0 Å². The largest absolute Gasteiger partial charge is 0.398 e. The monoisotopic (exact) mass is 299 g/mol. The Morgan fingerprint density at radius 2 is 2.24 bits per heavy atom. The van der Waals surface area contributed by atoms with Crippen LogP contribution in [0.5, 0.6) is 0 Å². The number of nitrogens with zero attached hydrogens (tertiary/aromatic N) is 1. The predicted molar refractivity (Wildman–Crippen MR) is 74.1 cm³/mol. The van der Waals surface area contributed by atoms with Gasteiger partial charge in [-0.15, -0.1) is 0 Å². The van der Waals surface area contributed by atoms with Crippen LogP contribution >= 0.6 is 15.9 Å². The first-order valence-electron chi connectivity index (χ1n) is 5.56. The maximum Gasteiger partial charge on any atom is 0.253 e. The third-order valence-corrected chi connectivity index (χ3v) is 3.07. The van der Waals surface area contributed by atoms with Gasteiger partial charge in [-0.1, -0.05) is 22.9 Å². The van der Waals surface area contributed by atoms with Gasteiger partial charge in [-0.05, 0) is 31.8 Å². The Morgan fingerprint density at radius 3 is 2.88 bits per heavy atom. The minimum atomic E-state index is -0.131. The van der Waals surface area contributed by atoms with E-state index in [1.807, 2.05) is 13.1 Å². The average Bonchev–Trinajstić information content (AvgIpc) is 2.31. The van der Waals surface area contributed by atoms with E-state index in [0.29, 0.717) is 17.8 Å². The zero-order valence-corrected chi connectivity index (χ0v) is 11.8. The molecular weight excluding hydrogens is 282 g/mol. The Bertz CT molecular complexity index is 395. The molecule has 3 N–H and O–H groups in total. The van der Waals surface area contributed by atoms with Crippen LogP contribution < -0.4 is 11.1 Å². The molecule has 0 bridgehead atoms. The van der Waals surface area contributed by atoms with Crippen molar-refractivity contribution in [3.05, 3.63) is 28.2 Å². The Hall–Kier alpha value is -1.07. The summed E-state index contributed by atoms with van der Waals surface area (Å²) in [5, 5.41) is 2.85. The molecule has 0 fully saturated rings. The molecule has 5 heteroatoms. The first kappa shape index (κ1) is 14.0. The van der Waals surface area contributed by atoms with Crippen molar-refractivity contribution in [3.8, 4) is 0 Å². The number of nitrogens with two attached hydrogens (primary N) is 1. The third-order valence-electron chi connectivity index (χ3n) is 2.58. The summed E-state index contributed by atoms with van der Waals surface area (Å²) in [6, 6.07) is 5.27. The summed E-state index contributed by atoms with van der Waals surface area (Å²) < 4.78 is 0.850. The summed E-state index contributed by atoms with van der Waals surface area (Å²) in [4.78, 5) is 14.0. The van der Waals surface area contributed by atoms with Gasteiger partial charge in [0, 0.05) is 23.2 Å². The molecule has 0 saturated heterocycles. The standard InChI is InChI=1S/C12H18BrN3O/c1-3-16(2)7-6-15-12(17)10-8-9(13)4-5-11(10)14/h4-5,8H,3,6-7,14H2,1-2H3,(H,15,17). The number of amides is 1. The molecular formula is C12H18BrN3O. The van der Waals surface area contributed by atoms with Crippen LogP contribution in [-0.2, 0) is 0 Å². The summed E-state index contributed by atoms with van der Waals surface area (Å²) in [6.07, 6.45) is 0. The van der Waals surface area contributed by atoms with Gasteiger partial charge >= 0.3 is 0 Å². The molecule has 0 aliphatic rings. The number of carbonyl (C=O) groups is 1. The lowest BCUT2D eigenvalue weighted by molar-refractivity contribution is 0.0951. The van der Waals surface area contributed by atoms with E-state index in [-0.39, 0.29) is 5.91 Å². The van der Waals surface area contributed by atoms with Crippen LogP contribution in [0, 0.1) is 0 Å². The van der Waals surface area contributed by atoms with Crippen molar-refractivity contribution >= 4 is 27.5 Å². The average molecular weight is 300 g/mol. The Kier molecular flexibility index (Phi) is 5.44. The number of rotatable bonds is 5. The van der Waals surface area contributed by atoms with Gasteiger partial charge in [0.05, 0.1) is 5.56 Å². The molecule has 1 aromatic carbocycles. The fourth-order valence-corrected chi connectivity index (χ4v) is 1.70. The molecule has 0 aliphatic heterocycles. The van der Waals surface area contributed by atoms with E-state index in [0.717, 1.165) is 17.6 Å². The van der Waals surface area contributed by atoms with E-state index in [9.17, 15) is 4.79 Å². The maximum atomic E-state index is 11.9. The van der Waals surface area contributed by atoms with E-state index < -0.39 is 0 Å². The molecule has 0 atom stereocenters. The van der Waals surface area contributed by atoms with Crippen LogP contribution in [0.3, 0.4) is 0 Å². The summed E-state index contributed by atoms with van der Waals surface area (Å²) in [7, 11) is 2.01. The molecule has 1 amide bonds. The molecule has 0 aliphatic carbocycles. The summed E-state index contributed by atoms with van der Waals surface area (Å²) >= 11 is 3.32. The maximum absolute atomic E-state index is 11.9. The molecule has 1 aromatic rings. The first-order valence-corrected chi connectivity index (χ1v) is 6.35. The quantitative estimate of drug-likeness (QED) is 0.814. The number of likely N-dealkylation sites (N-methyl/N-ethyl adjacent to an activating group) is 1. The van der Waals surface area contributed by atoms with Crippen molar-refractivity contribution in [2.75, 3.05) is 32.4 Å². The second kappa shape index (κ2) is 6.61. The first-order chi connectivity index (χ1) is 8.04. The van der Waals surface area contributed by atoms with Gasteiger partial charge in [-0.2, -0.15) is 0 Å². The van der Waals surface area contributed by atoms with Gasteiger partial charge in [0.2, 0.25) is 0 Å². The molecule has 0 unspecified atom stereocenters. The number of hydrogen-bond donors (Lipinski definition) is 2. The molecule has 0 heterocycles. The Morgan fingerprint density at radius 1 is 1.53 bits per heavy atom. The van der Waals surface area contributed by atoms with E-state index in [2.05, 4.69) is 33.1 Å². The fraction of sp³-hybridized carbons (Fsp3) is 0.417. The number of nitrogen functional groups attached to an aromatic ring is 1. The molecule has 4 nitrogen and oxygen atoms in total. The smallest absolute Gasteiger partial charge is 0.253 e. The van der Waals surface area contributed by atoms with Gasteiger partial charge in [0.15, 0.2) is 0 Å². The second-order valence-electron chi connectivity index (χ2n) is 3.88. The molecule has 0 aromatic heterocycles. The van der Waals surface area contributed by atoms with E-state index in [4.69, 9.17) is 5.73 Å². The number of benzene rings is 1. The molecule has 0 radical (unpaired) electrons. The van der Waals surface area contributed by atoms with Gasteiger partial charge in [0.25, 0.3) is 5.91 Å². The molecule has 94 valence electrons. The number of anilines is 1. The Labute approximate surface area is 110 Å². The molecule has 0 spiro atoms. The fourth-order valence-electron chi connectivity index (χ4n) is 1.34. The second-order valence-corrected chi connectivity index (χ2v) is 4.80. The number of halogens is 1. The van der Waals surface area contributed by atoms with Gasteiger partial charge < -0.3 is 16.0 Å². The van der Waals surface area contributed by atoms with E-state index in [1.54, 1.807) is 12.1 Å². The highest BCUT2D eigenvalue weighted by Gasteiger charge is 2.09. The molecule has 1 rings (SSSR count). The minimum absolute atomic E-state index is 0.131. The van der Waals surface area contributed by atoms with Crippen LogP contribution in [0.15, 0.2) is 22.7 Å². The Balaban J connectivity index is 2.55.